The maximum atomic E-state index is 11.9. The zero-order valence-corrected chi connectivity index (χ0v) is 10.9. The second-order valence-corrected chi connectivity index (χ2v) is 4.32. The van der Waals surface area contributed by atoms with E-state index in [-0.39, 0.29) is 22.8 Å². The number of hydrogen-bond acceptors (Lipinski definition) is 5. The first kappa shape index (κ1) is 13.9. The number of benzene rings is 1. The number of nitrogen functional groups attached to an aromatic ring is 1. The summed E-state index contributed by atoms with van der Waals surface area (Å²) in [5.41, 5.74) is 4.97. The molecule has 0 aliphatic rings. The Labute approximate surface area is 118 Å². The molecule has 0 fully saturated rings. The van der Waals surface area contributed by atoms with Crippen molar-refractivity contribution in [2.24, 2.45) is 0 Å². The van der Waals surface area contributed by atoms with Gasteiger partial charge in [-0.05, 0) is 18.2 Å². The molecule has 0 unspecified atom stereocenters. The van der Waals surface area contributed by atoms with E-state index in [1.807, 2.05) is 0 Å². The van der Waals surface area contributed by atoms with Crippen molar-refractivity contribution in [3.63, 3.8) is 0 Å². The van der Waals surface area contributed by atoms with Gasteiger partial charge in [0.2, 0.25) is 0 Å². The summed E-state index contributed by atoms with van der Waals surface area (Å²) in [6, 6.07) is 5.74. The minimum Gasteiger partial charge on any atom is -0.467 e. The molecule has 2 rings (SSSR count). The number of rotatable bonds is 4. The van der Waals surface area contributed by atoms with Crippen LogP contribution in [-0.4, -0.2) is 10.8 Å². The fraction of sp³-hybridized carbons (Fsp3) is 0.0833. The van der Waals surface area contributed by atoms with Crippen LogP contribution in [0.15, 0.2) is 34.9 Å². The summed E-state index contributed by atoms with van der Waals surface area (Å²) in [6.07, 6.45) is 1.48. The van der Waals surface area contributed by atoms with Gasteiger partial charge in [-0.25, -0.2) is 0 Å². The van der Waals surface area contributed by atoms with Gasteiger partial charge >= 0.3 is 0 Å². The highest BCUT2D eigenvalue weighted by atomic mass is 35.5. The average Bonchev–Trinajstić information content (AvgIpc) is 2.91. The van der Waals surface area contributed by atoms with Gasteiger partial charge in [0.05, 0.1) is 22.8 Å². The van der Waals surface area contributed by atoms with Crippen LogP contribution in [0.5, 0.6) is 0 Å². The fourth-order valence-electron chi connectivity index (χ4n) is 1.57. The second-order valence-electron chi connectivity index (χ2n) is 3.91. The number of furan rings is 1. The number of nitro groups is 1. The van der Waals surface area contributed by atoms with E-state index in [0.29, 0.717) is 5.76 Å². The number of nitrogens with zero attached hydrogens (tertiary/aromatic N) is 1. The highest BCUT2D eigenvalue weighted by Crippen LogP contribution is 2.30. The molecule has 0 aliphatic heterocycles. The van der Waals surface area contributed by atoms with Crippen LogP contribution < -0.4 is 11.1 Å². The first-order chi connectivity index (χ1) is 9.49. The Kier molecular flexibility index (Phi) is 3.90. The van der Waals surface area contributed by atoms with Crippen LogP contribution in [-0.2, 0) is 6.54 Å². The van der Waals surface area contributed by atoms with E-state index in [2.05, 4.69) is 5.32 Å². The largest absolute Gasteiger partial charge is 0.467 e. The van der Waals surface area contributed by atoms with E-state index in [0.717, 1.165) is 6.07 Å². The van der Waals surface area contributed by atoms with Gasteiger partial charge in [0, 0.05) is 11.6 Å². The average molecular weight is 296 g/mol. The Morgan fingerprint density at radius 2 is 2.25 bits per heavy atom. The van der Waals surface area contributed by atoms with Crippen LogP contribution in [0.25, 0.3) is 0 Å². The van der Waals surface area contributed by atoms with Crippen molar-refractivity contribution < 1.29 is 14.1 Å². The lowest BCUT2D eigenvalue weighted by atomic mass is 10.1. The molecule has 1 heterocycles. The lowest BCUT2D eigenvalue weighted by Crippen LogP contribution is -2.22. The van der Waals surface area contributed by atoms with E-state index in [1.165, 1.54) is 12.3 Å². The maximum Gasteiger partial charge on any atom is 0.294 e. The first-order valence-electron chi connectivity index (χ1n) is 5.53. The van der Waals surface area contributed by atoms with Gasteiger partial charge in [0.25, 0.3) is 11.6 Å². The van der Waals surface area contributed by atoms with Crippen LogP contribution in [0.3, 0.4) is 0 Å². The molecule has 7 nitrogen and oxygen atoms in total. The molecule has 2 aromatic rings. The third kappa shape index (κ3) is 2.89. The third-order valence-electron chi connectivity index (χ3n) is 2.57. The van der Waals surface area contributed by atoms with E-state index >= 15 is 0 Å². The van der Waals surface area contributed by atoms with Crippen molar-refractivity contribution in [3.05, 3.63) is 57.0 Å². The van der Waals surface area contributed by atoms with Crippen LogP contribution >= 0.6 is 11.6 Å². The number of nitrogens with one attached hydrogen (secondary N) is 1. The topological polar surface area (TPSA) is 111 Å². The predicted octanol–water partition coefficient (Wildman–Crippen LogP) is 2.35. The standard InChI is InChI=1S/C12H10ClN3O4/c13-9-4-7(5-10(11(9)14)16(18)19)12(17)15-6-8-2-1-3-20-8/h1-5H,6,14H2,(H,15,17). The Morgan fingerprint density at radius 3 is 2.85 bits per heavy atom. The molecule has 1 aromatic carbocycles. The van der Waals surface area contributed by atoms with E-state index in [9.17, 15) is 14.9 Å². The molecule has 0 aliphatic carbocycles. The summed E-state index contributed by atoms with van der Waals surface area (Å²) in [5.74, 6) is 0.0563. The summed E-state index contributed by atoms with van der Waals surface area (Å²) < 4.78 is 5.06. The number of amides is 1. The van der Waals surface area contributed by atoms with Crippen LogP contribution in [0.2, 0.25) is 5.02 Å². The van der Waals surface area contributed by atoms with Gasteiger partial charge in [-0.15, -0.1) is 0 Å². The normalized spacial score (nSPS) is 10.2. The Hall–Kier alpha value is -2.54. The molecule has 0 bridgehead atoms. The van der Waals surface area contributed by atoms with E-state index in [4.69, 9.17) is 21.8 Å². The molecule has 1 amide bonds. The van der Waals surface area contributed by atoms with Gasteiger partial charge in [0.1, 0.15) is 11.4 Å². The molecule has 3 N–H and O–H groups in total. The van der Waals surface area contributed by atoms with Gasteiger partial charge in [-0.1, -0.05) is 11.6 Å². The molecule has 0 saturated heterocycles. The van der Waals surface area contributed by atoms with Gasteiger partial charge < -0.3 is 15.5 Å². The smallest absolute Gasteiger partial charge is 0.294 e. The molecule has 8 heteroatoms. The van der Waals surface area contributed by atoms with Crippen molar-refractivity contribution >= 4 is 28.9 Å². The zero-order valence-electron chi connectivity index (χ0n) is 10.1. The van der Waals surface area contributed by atoms with Gasteiger partial charge in [-0.3, -0.25) is 14.9 Å². The monoisotopic (exact) mass is 295 g/mol. The van der Waals surface area contributed by atoms with Crippen molar-refractivity contribution in [3.8, 4) is 0 Å². The Morgan fingerprint density at radius 1 is 1.50 bits per heavy atom. The molecular formula is C12H10ClN3O4. The Balaban J connectivity index is 2.19. The molecule has 20 heavy (non-hydrogen) atoms. The number of hydrogen-bond donors (Lipinski definition) is 2. The summed E-state index contributed by atoms with van der Waals surface area (Å²) in [6.45, 7) is 0.168. The molecule has 104 valence electrons. The van der Waals surface area contributed by atoms with Crippen LogP contribution in [0, 0.1) is 10.1 Å². The molecule has 0 saturated carbocycles. The molecule has 0 atom stereocenters. The number of anilines is 1. The minimum atomic E-state index is -0.690. The molecular weight excluding hydrogens is 286 g/mol. The second kappa shape index (κ2) is 5.62. The van der Waals surface area contributed by atoms with E-state index < -0.39 is 16.5 Å². The lowest BCUT2D eigenvalue weighted by Gasteiger charge is -2.06. The number of nitro benzene ring substituents is 1. The molecule has 0 spiro atoms. The predicted molar refractivity (Wildman–Crippen MR) is 72.4 cm³/mol. The van der Waals surface area contributed by atoms with Crippen LogP contribution in [0.4, 0.5) is 11.4 Å². The summed E-state index contributed by atoms with van der Waals surface area (Å²) in [5, 5.41) is 13.3. The highest BCUT2D eigenvalue weighted by Gasteiger charge is 2.19. The maximum absolute atomic E-state index is 11.9. The van der Waals surface area contributed by atoms with Crippen molar-refractivity contribution in [1.82, 2.24) is 5.32 Å². The lowest BCUT2D eigenvalue weighted by molar-refractivity contribution is -0.383. The van der Waals surface area contributed by atoms with Crippen molar-refractivity contribution in [2.75, 3.05) is 5.73 Å². The summed E-state index contributed by atoms with van der Waals surface area (Å²) in [7, 11) is 0. The SMILES string of the molecule is Nc1c(Cl)cc(C(=O)NCc2ccco2)cc1[N+](=O)[O-]. The first-order valence-corrected chi connectivity index (χ1v) is 5.91. The van der Waals surface area contributed by atoms with E-state index in [1.54, 1.807) is 12.1 Å². The number of halogens is 1. The minimum absolute atomic E-state index is 0.0395. The number of carbonyl (C=O) groups is 1. The highest BCUT2D eigenvalue weighted by molar-refractivity contribution is 6.34. The third-order valence-corrected chi connectivity index (χ3v) is 2.88. The summed E-state index contributed by atoms with van der Waals surface area (Å²) >= 11 is 5.78. The number of carbonyl (C=O) groups excluding carboxylic acids is 1. The molecule has 0 radical (unpaired) electrons. The van der Waals surface area contributed by atoms with Crippen molar-refractivity contribution in [2.45, 2.75) is 6.54 Å². The number of nitrogens with two attached hydrogens (primary N) is 1. The zero-order chi connectivity index (χ0) is 14.7. The van der Waals surface area contributed by atoms with Gasteiger partial charge in [-0.2, -0.15) is 0 Å². The fourth-order valence-corrected chi connectivity index (χ4v) is 1.78. The quantitative estimate of drug-likeness (QED) is 0.511. The summed E-state index contributed by atoms with van der Waals surface area (Å²) in [4.78, 5) is 22.0. The van der Waals surface area contributed by atoms with Crippen LogP contribution in [0.1, 0.15) is 16.1 Å². The Bertz CT molecular complexity index is 655. The van der Waals surface area contributed by atoms with Crippen molar-refractivity contribution in [1.29, 1.82) is 0 Å². The molecule has 1 aromatic heterocycles. The van der Waals surface area contributed by atoms with Gasteiger partial charge in [0.15, 0.2) is 0 Å².